The van der Waals surface area contributed by atoms with Gasteiger partial charge in [0.15, 0.2) is 0 Å². The molecule has 108 valence electrons. The Morgan fingerprint density at radius 3 is 2.65 bits per heavy atom. The van der Waals surface area contributed by atoms with Crippen LogP contribution in [0.2, 0.25) is 0 Å². The maximum absolute atomic E-state index is 5.77. The highest BCUT2D eigenvalue weighted by Crippen LogP contribution is 2.06. The molecule has 0 saturated heterocycles. The largest absolute Gasteiger partial charge is 0.356 e. The summed E-state index contributed by atoms with van der Waals surface area (Å²) >= 11 is 0. The Labute approximate surface area is 121 Å². The normalized spacial score (nSPS) is 11.2. The molecule has 0 unspecified atom stereocenters. The standard InChI is InChI=1S/C17H24N2O/c1-15(2)11-18-12-17-9-6-10-19(17)14-20-13-16-7-4-3-5-8-16/h3-10,15,18H,11-14H2,1-2H3. The molecule has 20 heavy (non-hydrogen) atoms. The van der Waals surface area contributed by atoms with Gasteiger partial charge in [-0.25, -0.2) is 0 Å². The maximum Gasteiger partial charge on any atom is 0.123 e. The molecule has 0 spiro atoms. The zero-order chi connectivity index (χ0) is 14.2. The minimum Gasteiger partial charge on any atom is -0.356 e. The molecule has 0 radical (unpaired) electrons. The Morgan fingerprint density at radius 1 is 1.10 bits per heavy atom. The van der Waals surface area contributed by atoms with Crippen LogP contribution >= 0.6 is 0 Å². The lowest BCUT2D eigenvalue weighted by Crippen LogP contribution is -2.21. The van der Waals surface area contributed by atoms with Crippen LogP contribution in [-0.2, 0) is 24.6 Å². The number of nitrogens with one attached hydrogen (secondary N) is 1. The van der Waals surface area contributed by atoms with Gasteiger partial charge in [0.2, 0.25) is 0 Å². The third-order valence-electron chi connectivity index (χ3n) is 3.12. The van der Waals surface area contributed by atoms with Crippen molar-refractivity contribution in [3.63, 3.8) is 0 Å². The first-order valence-corrected chi connectivity index (χ1v) is 7.22. The molecule has 0 bridgehead atoms. The summed E-state index contributed by atoms with van der Waals surface area (Å²) < 4.78 is 7.92. The van der Waals surface area contributed by atoms with Crippen molar-refractivity contribution < 1.29 is 4.74 Å². The zero-order valence-corrected chi connectivity index (χ0v) is 12.4. The van der Waals surface area contributed by atoms with E-state index < -0.39 is 0 Å². The molecule has 1 N–H and O–H groups in total. The van der Waals surface area contributed by atoms with E-state index in [1.165, 1.54) is 11.3 Å². The molecule has 2 aromatic rings. The summed E-state index contributed by atoms with van der Waals surface area (Å²) in [6, 6.07) is 14.5. The molecule has 0 saturated carbocycles. The SMILES string of the molecule is CC(C)CNCc1cccn1COCc1ccccc1. The van der Waals surface area contributed by atoms with Gasteiger partial charge >= 0.3 is 0 Å². The van der Waals surface area contributed by atoms with Gasteiger partial charge in [-0.2, -0.15) is 0 Å². The lowest BCUT2D eigenvalue weighted by Gasteiger charge is -2.12. The van der Waals surface area contributed by atoms with Gasteiger partial charge in [-0.3, -0.25) is 0 Å². The second-order valence-electron chi connectivity index (χ2n) is 5.46. The molecular formula is C17H24N2O. The van der Waals surface area contributed by atoms with Gasteiger partial charge in [-0.05, 0) is 30.2 Å². The number of benzene rings is 1. The summed E-state index contributed by atoms with van der Waals surface area (Å²) in [7, 11) is 0. The Balaban J connectivity index is 1.77. The summed E-state index contributed by atoms with van der Waals surface area (Å²) in [4.78, 5) is 0. The Bertz CT molecular complexity index is 491. The van der Waals surface area contributed by atoms with Crippen LogP contribution in [-0.4, -0.2) is 11.1 Å². The number of nitrogens with zero attached hydrogens (tertiary/aromatic N) is 1. The molecule has 0 atom stereocenters. The third kappa shape index (κ3) is 4.83. The van der Waals surface area contributed by atoms with Crippen molar-refractivity contribution >= 4 is 0 Å². The van der Waals surface area contributed by atoms with E-state index >= 15 is 0 Å². The lowest BCUT2D eigenvalue weighted by molar-refractivity contribution is 0.0623. The van der Waals surface area contributed by atoms with Crippen LogP contribution in [0.4, 0.5) is 0 Å². The molecule has 1 heterocycles. The van der Waals surface area contributed by atoms with Crippen LogP contribution in [0.15, 0.2) is 48.7 Å². The summed E-state index contributed by atoms with van der Waals surface area (Å²) in [6.45, 7) is 7.61. The number of hydrogen-bond acceptors (Lipinski definition) is 2. The van der Waals surface area contributed by atoms with Crippen LogP contribution in [0.1, 0.15) is 25.1 Å². The van der Waals surface area contributed by atoms with E-state index in [1.807, 2.05) is 18.2 Å². The molecule has 3 heteroatoms. The van der Waals surface area contributed by atoms with Gasteiger partial charge in [0.1, 0.15) is 6.73 Å². The van der Waals surface area contributed by atoms with Crippen molar-refractivity contribution in [2.45, 2.75) is 33.7 Å². The van der Waals surface area contributed by atoms with E-state index in [2.05, 4.69) is 54.2 Å². The number of aromatic nitrogens is 1. The fourth-order valence-electron chi connectivity index (χ4n) is 2.06. The molecular weight excluding hydrogens is 248 g/mol. The molecule has 3 nitrogen and oxygen atoms in total. The maximum atomic E-state index is 5.77. The average Bonchev–Trinajstić information content (AvgIpc) is 2.87. The van der Waals surface area contributed by atoms with Crippen molar-refractivity contribution in [1.82, 2.24) is 9.88 Å². The van der Waals surface area contributed by atoms with E-state index in [9.17, 15) is 0 Å². The Kier molecular flexibility index (Phi) is 5.84. The number of rotatable bonds is 8. The van der Waals surface area contributed by atoms with Gasteiger partial charge in [0, 0.05) is 18.4 Å². The molecule has 0 aliphatic heterocycles. The van der Waals surface area contributed by atoms with Crippen molar-refractivity contribution in [3.05, 3.63) is 59.9 Å². The van der Waals surface area contributed by atoms with E-state index in [0.29, 0.717) is 19.3 Å². The van der Waals surface area contributed by atoms with Crippen LogP contribution in [0.5, 0.6) is 0 Å². The Hall–Kier alpha value is -1.58. The van der Waals surface area contributed by atoms with Crippen LogP contribution < -0.4 is 5.32 Å². The van der Waals surface area contributed by atoms with Gasteiger partial charge in [0.05, 0.1) is 6.61 Å². The zero-order valence-electron chi connectivity index (χ0n) is 12.4. The second-order valence-corrected chi connectivity index (χ2v) is 5.46. The summed E-state index contributed by atoms with van der Waals surface area (Å²) in [5.74, 6) is 0.674. The molecule has 0 fully saturated rings. The monoisotopic (exact) mass is 272 g/mol. The molecule has 0 aliphatic carbocycles. The smallest absolute Gasteiger partial charge is 0.123 e. The fourth-order valence-corrected chi connectivity index (χ4v) is 2.06. The molecule has 2 rings (SSSR count). The summed E-state index contributed by atoms with van der Waals surface area (Å²) in [6.07, 6.45) is 2.07. The molecule has 1 aromatic heterocycles. The van der Waals surface area contributed by atoms with E-state index in [-0.39, 0.29) is 0 Å². The van der Waals surface area contributed by atoms with Gasteiger partial charge in [-0.15, -0.1) is 0 Å². The quantitative estimate of drug-likeness (QED) is 0.797. The van der Waals surface area contributed by atoms with E-state index in [1.54, 1.807) is 0 Å². The average molecular weight is 272 g/mol. The highest BCUT2D eigenvalue weighted by Gasteiger charge is 2.01. The van der Waals surface area contributed by atoms with Gasteiger partial charge in [0.25, 0.3) is 0 Å². The minimum absolute atomic E-state index is 0.598. The summed E-state index contributed by atoms with van der Waals surface area (Å²) in [5.41, 5.74) is 2.47. The number of ether oxygens (including phenoxy) is 1. The van der Waals surface area contributed by atoms with Crippen molar-refractivity contribution in [1.29, 1.82) is 0 Å². The van der Waals surface area contributed by atoms with Crippen LogP contribution in [0.3, 0.4) is 0 Å². The topological polar surface area (TPSA) is 26.2 Å². The summed E-state index contributed by atoms with van der Waals surface area (Å²) in [5, 5.41) is 3.46. The van der Waals surface area contributed by atoms with E-state index in [4.69, 9.17) is 4.74 Å². The molecule has 0 amide bonds. The minimum atomic E-state index is 0.598. The predicted molar refractivity (Wildman–Crippen MR) is 82.2 cm³/mol. The third-order valence-corrected chi connectivity index (χ3v) is 3.12. The Morgan fingerprint density at radius 2 is 1.90 bits per heavy atom. The second kappa shape index (κ2) is 7.88. The van der Waals surface area contributed by atoms with Crippen LogP contribution in [0, 0.1) is 5.92 Å². The molecule has 1 aromatic carbocycles. The van der Waals surface area contributed by atoms with E-state index in [0.717, 1.165) is 13.1 Å². The highest BCUT2D eigenvalue weighted by atomic mass is 16.5. The number of hydrogen-bond donors (Lipinski definition) is 1. The van der Waals surface area contributed by atoms with Crippen LogP contribution in [0.25, 0.3) is 0 Å². The van der Waals surface area contributed by atoms with Gasteiger partial charge < -0.3 is 14.6 Å². The van der Waals surface area contributed by atoms with Crippen molar-refractivity contribution in [2.24, 2.45) is 5.92 Å². The predicted octanol–water partition coefficient (Wildman–Crippen LogP) is 3.41. The van der Waals surface area contributed by atoms with Crippen molar-refractivity contribution in [3.8, 4) is 0 Å². The molecule has 0 aliphatic rings. The van der Waals surface area contributed by atoms with Crippen molar-refractivity contribution in [2.75, 3.05) is 6.54 Å². The fraction of sp³-hybridized carbons (Fsp3) is 0.412. The lowest BCUT2D eigenvalue weighted by atomic mass is 10.2. The first-order chi connectivity index (χ1) is 9.75. The van der Waals surface area contributed by atoms with Gasteiger partial charge in [-0.1, -0.05) is 44.2 Å². The first-order valence-electron chi connectivity index (χ1n) is 7.22. The first kappa shape index (κ1) is 14.8. The highest BCUT2D eigenvalue weighted by molar-refractivity contribution is 5.13.